The zero-order chi connectivity index (χ0) is 14.4. The zero-order valence-corrected chi connectivity index (χ0v) is 12.4. The maximum absolute atomic E-state index is 12.3. The lowest BCUT2D eigenvalue weighted by atomic mass is 10.1. The molecule has 1 heterocycles. The topological polar surface area (TPSA) is 69.6 Å². The summed E-state index contributed by atoms with van der Waals surface area (Å²) in [5, 5.41) is 9.25. The van der Waals surface area contributed by atoms with Gasteiger partial charge in [-0.1, -0.05) is 37.1 Å². The Bertz CT molecular complexity index is 523. The molecular formula is C14H22N2O3S. The molecule has 20 heavy (non-hydrogen) atoms. The molecule has 0 aliphatic carbocycles. The summed E-state index contributed by atoms with van der Waals surface area (Å²) in [5.41, 5.74) is 1.57. The first-order valence-electron chi connectivity index (χ1n) is 7.06. The van der Waals surface area contributed by atoms with Gasteiger partial charge < -0.3 is 5.11 Å². The minimum Gasteiger partial charge on any atom is -0.392 e. The molecule has 0 spiro atoms. The van der Waals surface area contributed by atoms with Gasteiger partial charge in [-0.05, 0) is 24.0 Å². The van der Waals surface area contributed by atoms with Crippen molar-refractivity contribution >= 4 is 10.2 Å². The van der Waals surface area contributed by atoms with Crippen LogP contribution in [-0.4, -0.2) is 30.9 Å². The summed E-state index contributed by atoms with van der Waals surface area (Å²) >= 11 is 0. The smallest absolute Gasteiger partial charge is 0.279 e. The van der Waals surface area contributed by atoms with Crippen LogP contribution in [0.25, 0.3) is 0 Å². The van der Waals surface area contributed by atoms with Gasteiger partial charge in [0.25, 0.3) is 10.2 Å². The molecule has 112 valence electrons. The van der Waals surface area contributed by atoms with E-state index >= 15 is 0 Å². The van der Waals surface area contributed by atoms with Crippen molar-refractivity contribution in [3.63, 3.8) is 0 Å². The molecule has 6 heteroatoms. The normalized spacial score (nSPS) is 17.9. The largest absolute Gasteiger partial charge is 0.392 e. The van der Waals surface area contributed by atoms with Gasteiger partial charge in [0, 0.05) is 19.6 Å². The maximum Gasteiger partial charge on any atom is 0.279 e. The molecule has 1 fully saturated rings. The Morgan fingerprint density at radius 2 is 1.65 bits per heavy atom. The summed E-state index contributed by atoms with van der Waals surface area (Å²) in [7, 11) is -3.43. The molecule has 2 N–H and O–H groups in total. The third-order valence-corrected chi connectivity index (χ3v) is 5.19. The molecule has 1 aromatic rings. The summed E-state index contributed by atoms with van der Waals surface area (Å²) in [6.45, 7) is 1.32. The van der Waals surface area contributed by atoms with Crippen LogP contribution < -0.4 is 4.72 Å². The van der Waals surface area contributed by atoms with Crippen molar-refractivity contribution in [1.82, 2.24) is 9.03 Å². The van der Waals surface area contributed by atoms with Gasteiger partial charge in [-0.3, -0.25) is 0 Å². The molecule has 0 unspecified atom stereocenters. The first-order valence-corrected chi connectivity index (χ1v) is 8.50. The Morgan fingerprint density at radius 1 is 1.05 bits per heavy atom. The van der Waals surface area contributed by atoms with Crippen LogP contribution in [0.5, 0.6) is 0 Å². The lowest BCUT2D eigenvalue weighted by Crippen LogP contribution is -2.41. The summed E-state index contributed by atoms with van der Waals surface area (Å²) < 4.78 is 28.7. The van der Waals surface area contributed by atoms with Gasteiger partial charge in [0.1, 0.15) is 0 Å². The number of nitrogens with zero attached hydrogens (tertiary/aromatic N) is 1. The Balaban J connectivity index is 2.01. The third kappa shape index (κ3) is 4.02. The van der Waals surface area contributed by atoms with Crippen molar-refractivity contribution in [2.45, 2.75) is 38.8 Å². The fourth-order valence-corrected chi connectivity index (χ4v) is 3.69. The number of hydrogen-bond donors (Lipinski definition) is 2. The van der Waals surface area contributed by atoms with Crippen LogP contribution in [0.2, 0.25) is 0 Å². The molecule has 0 atom stereocenters. The zero-order valence-electron chi connectivity index (χ0n) is 11.6. The van der Waals surface area contributed by atoms with Crippen molar-refractivity contribution in [2.75, 3.05) is 13.1 Å². The molecule has 0 amide bonds. The molecule has 1 aromatic carbocycles. The number of rotatable bonds is 5. The van der Waals surface area contributed by atoms with E-state index in [4.69, 9.17) is 0 Å². The maximum atomic E-state index is 12.3. The Morgan fingerprint density at radius 3 is 2.25 bits per heavy atom. The van der Waals surface area contributed by atoms with E-state index in [0.29, 0.717) is 13.1 Å². The van der Waals surface area contributed by atoms with E-state index in [9.17, 15) is 13.5 Å². The molecule has 1 saturated heterocycles. The molecule has 0 aromatic heterocycles. The SMILES string of the molecule is O=S(=O)(NCc1ccccc1CO)N1CCCCCC1. The predicted octanol–water partition coefficient (Wildman–Crippen LogP) is 1.39. The van der Waals surface area contributed by atoms with Crippen LogP contribution in [0.3, 0.4) is 0 Å². The highest BCUT2D eigenvalue weighted by molar-refractivity contribution is 7.87. The van der Waals surface area contributed by atoms with Crippen LogP contribution in [0.4, 0.5) is 0 Å². The van der Waals surface area contributed by atoms with Crippen molar-refractivity contribution in [3.05, 3.63) is 35.4 Å². The molecule has 0 saturated carbocycles. The molecule has 1 aliphatic heterocycles. The summed E-state index contributed by atoms with van der Waals surface area (Å²) in [6, 6.07) is 7.30. The van der Waals surface area contributed by atoms with Crippen molar-refractivity contribution < 1.29 is 13.5 Å². The molecule has 1 aliphatic rings. The van der Waals surface area contributed by atoms with Crippen molar-refractivity contribution in [3.8, 4) is 0 Å². The van der Waals surface area contributed by atoms with Gasteiger partial charge in [0.15, 0.2) is 0 Å². The fourth-order valence-electron chi connectivity index (χ4n) is 2.43. The first kappa shape index (κ1) is 15.4. The van der Waals surface area contributed by atoms with Gasteiger partial charge in [0.2, 0.25) is 0 Å². The van der Waals surface area contributed by atoms with Gasteiger partial charge in [0.05, 0.1) is 6.61 Å². The number of hydrogen-bond acceptors (Lipinski definition) is 3. The number of aliphatic hydroxyl groups excluding tert-OH is 1. The van der Waals surface area contributed by atoms with Crippen molar-refractivity contribution in [1.29, 1.82) is 0 Å². The lowest BCUT2D eigenvalue weighted by Gasteiger charge is -2.20. The number of nitrogens with one attached hydrogen (secondary N) is 1. The van der Waals surface area contributed by atoms with Crippen LogP contribution in [-0.2, 0) is 23.4 Å². The van der Waals surface area contributed by atoms with Crippen LogP contribution >= 0.6 is 0 Å². The first-order chi connectivity index (χ1) is 9.63. The lowest BCUT2D eigenvalue weighted by molar-refractivity contribution is 0.280. The van der Waals surface area contributed by atoms with E-state index in [1.807, 2.05) is 18.2 Å². The fraction of sp³-hybridized carbons (Fsp3) is 0.571. The minimum absolute atomic E-state index is 0.0817. The van der Waals surface area contributed by atoms with Gasteiger partial charge >= 0.3 is 0 Å². The monoisotopic (exact) mass is 298 g/mol. The van der Waals surface area contributed by atoms with Crippen LogP contribution in [0.15, 0.2) is 24.3 Å². The van der Waals surface area contributed by atoms with Gasteiger partial charge in [-0.25, -0.2) is 0 Å². The molecule has 2 rings (SSSR count). The third-order valence-electron chi connectivity index (χ3n) is 3.64. The van der Waals surface area contributed by atoms with Crippen LogP contribution in [0, 0.1) is 0 Å². The summed E-state index contributed by atoms with van der Waals surface area (Å²) in [6.07, 6.45) is 4.04. The molecule has 0 radical (unpaired) electrons. The van der Waals surface area contributed by atoms with E-state index in [2.05, 4.69) is 4.72 Å². The number of aliphatic hydroxyl groups is 1. The van der Waals surface area contributed by atoms with E-state index in [1.165, 1.54) is 4.31 Å². The Labute approximate surface area is 120 Å². The minimum atomic E-state index is -3.43. The van der Waals surface area contributed by atoms with Gasteiger partial charge in [-0.2, -0.15) is 17.4 Å². The standard InChI is InChI=1S/C14H22N2O3S/c17-12-14-8-4-3-7-13(14)11-15-20(18,19)16-9-5-1-2-6-10-16/h3-4,7-8,15,17H,1-2,5-6,9-12H2. The molecule has 0 bridgehead atoms. The Hall–Kier alpha value is -0.950. The van der Waals surface area contributed by atoms with E-state index in [1.54, 1.807) is 6.07 Å². The second kappa shape index (κ2) is 7.17. The summed E-state index contributed by atoms with van der Waals surface area (Å²) in [5.74, 6) is 0. The molecular weight excluding hydrogens is 276 g/mol. The highest BCUT2D eigenvalue weighted by atomic mass is 32.2. The second-order valence-corrected chi connectivity index (χ2v) is 6.82. The van der Waals surface area contributed by atoms with E-state index < -0.39 is 10.2 Å². The van der Waals surface area contributed by atoms with Crippen molar-refractivity contribution in [2.24, 2.45) is 0 Å². The number of benzene rings is 1. The predicted molar refractivity (Wildman–Crippen MR) is 78.2 cm³/mol. The van der Waals surface area contributed by atoms with E-state index in [0.717, 1.165) is 36.8 Å². The molecule has 5 nitrogen and oxygen atoms in total. The van der Waals surface area contributed by atoms with Gasteiger partial charge in [-0.15, -0.1) is 0 Å². The quantitative estimate of drug-likeness (QED) is 0.863. The van der Waals surface area contributed by atoms with E-state index in [-0.39, 0.29) is 13.2 Å². The average molecular weight is 298 g/mol. The highest BCUT2D eigenvalue weighted by Gasteiger charge is 2.22. The average Bonchev–Trinajstić information content (AvgIpc) is 2.75. The van der Waals surface area contributed by atoms with Crippen LogP contribution in [0.1, 0.15) is 36.8 Å². The highest BCUT2D eigenvalue weighted by Crippen LogP contribution is 2.14. The second-order valence-electron chi connectivity index (χ2n) is 5.07. The summed E-state index contributed by atoms with van der Waals surface area (Å²) in [4.78, 5) is 0. The Kier molecular flexibility index (Phi) is 5.54.